The topological polar surface area (TPSA) is 90.9 Å². The normalized spacial score (nSPS) is 27.5. The van der Waals surface area contributed by atoms with Gasteiger partial charge >= 0.3 is 0 Å². The average Bonchev–Trinajstić information content (AvgIpc) is 2.53. The van der Waals surface area contributed by atoms with E-state index in [2.05, 4.69) is 32.1 Å². The Kier molecular flexibility index (Phi) is 3.92. The van der Waals surface area contributed by atoms with E-state index in [9.17, 15) is 0 Å². The van der Waals surface area contributed by atoms with Gasteiger partial charge in [-0.25, -0.2) is 0 Å². The van der Waals surface area contributed by atoms with Crippen LogP contribution in [0.2, 0.25) is 0 Å². The molecule has 3 heterocycles. The minimum absolute atomic E-state index is 0.0816. The first-order valence-corrected chi connectivity index (χ1v) is 7.51. The number of amidine groups is 1. The smallest absolute Gasteiger partial charge is 0.173 e. The zero-order valence-corrected chi connectivity index (χ0v) is 12.3. The van der Waals surface area contributed by atoms with Crippen LogP contribution in [-0.2, 0) is 0 Å². The zero-order chi connectivity index (χ0) is 14.8. The molecule has 7 nitrogen and oxygen atoms in total. The number of piperazine rings is 1. The molecule has 114 valence electrons. The predicted octanol–water partition coefficient (Wildman–Crippen LogP) is 0.634. The van der Waals surface area contributed by atoms with E-state index in [4.69, 9.17) is 10.9 Å². The van der Waals surface area contributed by atoms with E-state index in [0.717, 1.165) is 13.1 Å². The number of fused-ring (bicyclic) bond motifs is 1. The molecule has 0 amide bonds. The highest BCUT2D eigenvalue weighted by molar-refractivity contribution is 6.01. The molecular weight excluding hydrogens is 268 g/mol. The summed E-state index contributed by atoms with van der Waals surface area (Å²) < 4.78 is 0. The van der Waals surface area contributed by atoms with Crippen LogP contribution >= 0.6 is 0 Å². The summed E-state index contributed by atoms with van der Waals surface area (Å²) in [5, 5.41) is 20.3. The molecule has 2 unspecified atom stereocenters. The maximum absolute atomic E-state index is 8.95. The van der Waals surface area contributed by atoms with E-state index >= 15 is 0 Å². The third kappa shape index (κ3) is 2.65. The molecule has 0 aliphatic carbocycles. The lowest BCUT2D eigenvalue weighted by molar-refractivity contribution is 0.115. The fourth-order valence-corrected chi connectivity index (χ4v) is 3.44. The van der Waals surface area contributed by atoms with E-state index < -0.39 is 0 Å². The van der Waals surface area contributed by atoms with Gasteiger partial charge in [-0.3, -0.25) is 4.90 Å². The lowest BCUT2D eigenvalue weighted by Gasteiger charge is -2.48. The van der Waals surface area contributed by atoms with Crippen LogP contribution < -0.4 is 10.6 Å². The average molecular weight is 290 g/mol. The van der Waals surface area contributed by atoms with E-state index in [1.54, 1.807) is 12.3 Å². The molecule has 7 heteroatoms. The van der Waals surface area contributed by atoms with Crippen molar-refractivity contribution in [3.63, 3.8) is 0 Å². The number of hydrogen-bond acceptors (Lipinski definition) is 6. The van der Waals surface area contributed by atoms with E-state index in [1.165, 1.54) is 25.8 Å². The Hall–Kier alpha value is -1.89. The van der Waals surface area contributed by atoms with Gasteiger partial charge in [0.25, 0.3) is 0 Å². The van der Waals surface area contributed by atoms with Gasteiger partial charge < -0.3 is 15.8 Å². The zero-order valence-electron chi connectivity index (χ0n) is 12.3. The number of rotatable bonds is 2. The van der Waals surface area contributed by atoms with E-state index in [0.29, 0.717) is 23.5 Å². The van der Waals surface area contributed by atoms with Crippen LogP contribution in [0.25, 0.3) is 0 Å². The first kappa shape index (κ1) is 14.1. The number of aromatic nitrogens is 2. The third-order valence-corrected chi connectivity index (χ3v) is 4.54. The summed E-state index contributed by atoms with van der Waals surface area (Å²) in [5.74, 6) is 0.795. The van der Waals surface area contributed by atoms with Gasteiger partial charge in [0.1, 0.15) is 0 Å². The lowest BCUT2D eigenvalue weighted by Crippen LogP contribution is -2.59. The van der Waals surface area contributed by atoms with Crippen LogP contribution in [0.4, 0.5) is 5.82 Å². The number of hydrogen-bond donors (Lipinski definition) is 2. The number of nitrogens with zero attached hydrogens (tertiary/aromatic N) is 5. The van der Waals surface area contributed by atoms with Crippen molar-refractivity contribution in [2.75, 3.05) is 24.5 Å². The summed E-state index contributed by atoms with van der Waals surface area (Å²) in [6, 6.07) is 2.65. The van der Waals surface area contributed by atoms with Crippen molar-refractivity contribution in [1.82, 2.24) is 15.1 Å². The van der Waals surface area contributed by atoms with Crippen molar-refractivity contribution in [2.24, 2.45) is 10.9 Å². The Balaban J connectivity index is 1.89. The first-order valence-electron chi connectivity index (χ1n) is 7.51. The molecule has 0 bridgehead atoms. The molecule has 21 heavy (non-hydrogen) atoms. The van der Waals surface area contributed by atoms with Gasteiger partial charge in [-0.15, -0.1) is 5.10 Å². The Morgan fingerprint density at radius 2 is 2.29 bits per heavy atom. The number of nitrogens with two attached hydrogens (primary N) is 1. The maximum Gasteiger partial charge on any atom is 0.173 e. The van der Waals surface area contributed by atoms with Crippen molar-refractivity contribution < 1.29 is 5.21 Å². The first-order chi connectivity index (χ1) is 10.2. The van der Waals surface area contributed by atoms with Gasteiger partial charge in [-0.2, -0.15) is 5.10 Å². The molecule has 2 atom stereocenters. The van der Waals surface area contributed by atoms with Gasteiger partial charge in [0.05, 0.1) is 11.8 Å². The van der Waals surface area contributed by atoms with Crippen LogP contribution in [0.1, 0.15) is 31.7 Å². The second-order valence-corrected chi connectivity index (χ2v) is 5.90. The molecule has 0 aromatic carbocycles. The summed E-state index contributed by atoms with van der Waals surface area (Å²) in [6.07, 6.45) is 5.38. The molecule has 2 fully saturated rings. The maximum atomic E-state index is 8.95. The van der Waals surface area contributed by atoms with Crippen LogP contribution in [0.15, 0.2) is 17.4 Å². The molecule has 0 saturated carbocycles. The summed E-state index contributed by atoms with van der Waals surface area (Å²) >= 11 is 0. The standard InChI is InChI=1S/C14H22N6O/c1-10-8-19-7-3-2-4-11(19)9-20(10)14-12(13(15)18-21)5-6-16-17-14/h5-6,10-11,21H,2-4,7-9H2,1H3,(H2,15,18). The summed E-state index contributed by atoms with van der Waals surface area (Å²) in [7, 11) is 0. The van der Waals surface area contributed by atoms with Gasteiger partial charge in [0.2, 0.25) is 0 Å². The molecule has 2 aliphatic rings. The summed E-state index contributed by atoms with van der Waals surface area (Å²) in [4.78, 5) is 4.82. The largest absolute Gasteiger partial charge is 0.409 e. The van der Waals surface area contributed by atoms with Gasteiger partial charge in [-0.05, 0) is 32.4 Å². The van der Waals surface area contributed by atoms with Crippen molar-refractivity contribution in [3.05, 3.63) is 17.8 Å². The fraction of sp³-hybridized carbons (Fsp3) is 0.643. The van der Waals surface area contributed by atoms with Crippen molar-refractivity contribution in [1.29, 1.82) is 0 Å². The minimum Gasteiger partial charge on any atom is -0.409 e. The quantitative estimate of drug-likeness (QED) is 0.359. The van der Waals surface area contributed by atoms with E-state index in [1.807, 2.05) is 0 Å². The van der Waals surface area contributed by atoms with Crippen LogP contribution in [0.3, 0.4) is 0 Å². The van der Waals surface area contributed by atoms with Crippen LogP contribution in [0.5, 0.6) is 0 Å². The number of piperidine rings is 1. The molecule has 0 radical (unpaired) electrons. The van der Waals surface area contributed by atoms with E-state index in [-0.39, 0.29) is 5.84 Å². The van der Waals surface area contributed by atoms with Gasteiger partial charge in [-0.1, -0.05) is 11.6 Å². The van der Waals surface area contributed by atoms with Crippen LogP contribution in [-0.4, -0.2) is 57.9 Å². The Labute approximate surface area is 124 Å². The van der Waals surface area contributed by atoms with Gasteiger partial charge in [0, 0.05) is 25.2 Å². The Bertz CT molecular complexity index is 534. The van der Waals surface area contributed by atoms with Crippen molar-refractivity contribution in [2.45, 2.75) is 38.3 Å². The molecule has 3 N–H and O–H groups in total. The highest BCUT2D eigenvalue weighted by atomic mass is 16.4. The SMILES string of the molecule is CC1CN2CCCCC2CN1c1nnccc1/C(N)=N/O. The molecule has 2 saturated heterocycles. The molecule has 3 rings (SSSR count). The number of anilines is 1. The second kappa shape index (κ2) is 5.85. The molecular formula is C14H22N6O. The highest BCUT2D eigenvalue weighted by Crippen LogP contribution is 2.28. The molecule has 1 aromatic rings. The lowest BCUT2D eigenvalue weighted by atomic mass is 9.97. The monoisotopic (exact) mass is 290 g/mol. The van der Waals surface area contributed by atoms with Crippen molar-refractivity contribution >= 4 is 11.7 Å². The minimum atomic E-state index is 0.0816. The third-order valence-electron chi connectivity index (χ3n) is 4.54. The molecule has 2 aliphatic heterocycles. The highest BCUT2D eigenvalue weighted by Gasteiger charge is 2.34. The second-order valence-electron chi connectivity index (χ2n) is 5.90. The van der Waals surface area contributed by atoms with Crippen molar-refractivity contribution in [3.8, 4) is 0 Å². The predicted molar refractivity (Wildman–Crippen MR) is 80.6 cm³/mol. The fourth-order valence-electron chi connectivity index (χ4n) is 3.44. The Morgan fingerprint density at radius 3 is 3.10 bits per heavy atom. The Morgan fingerprint density at radius 1 is 1.43 bits per heavy atom. The number of oxime groups is 1. The summed E-state index contributed by atoms with van der Waals surface area (Å²) in [5.41, 5.74) is 6.42. The molecule has 0 spiro atoms. The molecule has 1 aromatic heterocycles. The van der Waals surface area contributed by atoms with Gasteiger partial charge in [0.15, 0.2) is 11.7 Å². The summed E-state index contributed by atoms with van der Waals surface area (Å²) in [6.45, 7) is 5.33. The van der Waals surface area contributed by atoms with Crippen LogP contribution in [0, 0.1) is 0 Å².